The van der Waals surface area contributed by atoms with E-state index in [0.717, 1.165) is 32.1 Å². The molecule has 8 rings (SSSR count). The molecule has 0 spiro atoms. The van der Waals surface area contributed by atoms with E-state index in [4.69, 9.17) is 0 Å². The Labute approximate surface area is 258 Å². The number of fused-ring (bicyclic) bond motifs is 2. The quantitative estimate of drug-likeness (QED) is 0.323. The second-order valence-electron chi connectivity index (χ2n) is 13.2. The second kappa shape index (κ2) is 11.7. The van der Waals surface area contributed by atoms with Gasteiger partial charge in [-0.05, 0) is 127 Å². The summed E-state index contributed by atoms with van der Waals surface area (Å²) >= 11 is 0. The van der Waals surface area contributed by atoms with Gasteiger partial charge in [-0.3, -0.25) is 0 Å². The average Bonchev–Trinajstić information content (AvgIpc) is 3.43. The molecule has 43 heavy (non-hydrogen) atoms. The van der Waals surface area contributed by atoms with Gasteiger partial charge in [0.25, 0.3) is 0 Å². The van der Waals surface area contributed by atoms with Crippen LogP contribution in [-0.4, -0.2) is 10.9 Å². The van der Waals surface area contributed by atoms with Crippen LogP contribution in [-0.2, 0) is 0 Å². The van der Waals surface area contributed by atoms with Gasteiger partial charge >= 0.3 is 0 Å². The molecule has 8 aliphatic rings. The minimum Gasteiger partial charge on any atom is -0.337 e. The third kappa shape index (κ3) is 5.18. The van der Waals surface area contributed by atoms with E-state index in [9.17, 15) is 0 Å². The molecule has 0 N–H and O–H groups in total. The Morgan fingerprint density at radius 3 is 2.05 bits per heavy atom. The number of rotatable bonds is 5. The first-order valence-electron chi connectivity index (χ1n) is 16.8. The predicted molar refractivity (Wildman–Crippen MR) is 181 cm³/mol. The van der Waals surface area contributed by atoms with E-state index >= 15 is 0 Å². The Kier molecular flexibility index (Phi) is 7.27. The second-order valence-corrected chi connectivity index (χ2v) is 13.2. The Hall–Kier alpha value is -3.84. The standard InChI is InChI=1S/C42H43N/c1-3-10-30(11-4-1)32-18-20-33(21-19-32)34-22-25-38(26-23-34)43-41-17-8-7-16-39(41)40-29-37(24-27-42(40)43)36-15-9-14-35(28-36)31-12-5-2-6-13-31/h1-3,5-6,8-10,12,15,17-18,20,22,24-25,27-29,31,35,40,42H,4,7,11,13-14,16,19,21,23,26H2. The van der Waals surface area contributed by atoms with Crippen molar-refractivity contribution in [3.8, 4) is 0 Å². The van der Waals surface area contributed by atoms with Crippen molar-refractivity contribution in [3.05, 3.63) is 166 Å². The van der Waals surface area contributed by atoms with E-state index in [0.29, 0.717) is 23.8 Å². The molecule has 1 nitrogen and oxygen atoms in total. The molecular formula is C42H43N. The SMILES string of the molecule is C1=CCCC(C2=CC=C(C3=CC=C(N4C5=C(CCC=C5)C5C=C(C6=CC(C7C=CC=CC7)CC=C6)C=CC54)CC3)CC2)=C1. The third-order valence-electron chi connectivity index (χ3n) is 10.8. The summed E-state index contributed by atoms with van der Waals surface area (Å²) in [6.45, 7) is 0. The summed E-state index contributed by atoms with van der Waals surface area (Å²) in [7, 11) is 0. The largest absolute Gasteiger partial charge is 0.337 e. The maximum Gasteiger partial charge on any atom is 0.0623 e. The van der Waals surface area contributed by atoms with Gasteiger partial charge in [-0.15, -0.1) is 0 Å². The van der Waals surface area contributed by atoms with Crippen LogP contribution < -0.4 is 0 Å². The summed E-state index contributed by atoms with van der Waals surface area (Å²) < 4.78 is 0. The van der Waals surface area contributed by atoms with E-state index < -0.39 is 0 Å². The van der Waals surface area contributed by atoms with Crippen LogP contribution in [0.25, 0.3) is 0 Å². The minimum atomic E-state index is 0.394. The molecule has 0 aromatic carbocycles. The molecule has 216 valence electrons. The fourth-order valence-corrected chi connectivity index (χ4v) is 8.42. The van der Waals surface area contributed by atoms with Crippen LogP contribution in [0.15, 0.2) is 166 Å². The zero-order valence-corrected chi connectivity index (χ0v) is 25.3. The Morgan fingerprint density at radius 2 is 1.30 bits per heavy atom. The van der Waals surface area contributed by atoms with Gasteiger partial charge in [0, 0.05) is 17.3 Å². The number of hydrogen-bond donors (Lipinski definition) is 0. The van der Waals surface area contributed by atoms with Gasteiger partial charge < -0.3 is 4.90 Å². The fourth-order valence-electron chi connectivity index (χ4n) is 8.42. The van der Waals surface area contributed by atoms with E-state index in [1.54, 1.807) is 16.7 Å². The van der Waals surface area contributed by atoms with Gasteiger partial charge in [-0.2, -0.15) is 0 Å². The molecule has 1 aliphatic heterocycles. The smallest absolute Gasteiger partial charge is 0.0623 e. The van der Waals surface area contributed by atoms with Crippen LogP contribution in [0.3, 0.4) is 0 Å². The van der Waals surface area contributed by atoms with Crippen molar-refractivity contribution in [3.63, 3.8) is 0 Å². The molecule has 0 saturated carbocycles. The molecule has 4 atom stereocenters. The van der Waals surface area contributed by atoms with Gasteiger partial charge in [0.1, 0.15) is 0 Å². The Morgan fingerprint density at radius 1 is 0.535 bits per heavy atom. The van der Waals surface area contributed by atoms with Crippen LogP contribution in [0.5, 0.6) is 0 Å². The van der Waals surface area contributed by atoms with Gasteiger partial charge in [-0.25, -0.2) is 0 Å². The highest BCUT2D eigenvalue weighted by Crippen LogP contribution is 2.48. The minimum absolute atomic E-state index is 0.394. The summed E-state index contributed by atoms with van der Waals surface area (Å²) in [6.07, 6.45) is 57.0. The highest BCUT2D eigenvalue weighted by atomic mass is 15.2. The normalized spacial score (nSPS) is 31.1. The van der Waals surface area contributed by atoms with Crippen molar-refractivity contribution < 1.29 is 0 Å². The lowest BCUT2D eigenvalue weighted by molar-refractivity contribution is 0.357. The molecule has 1 heteroatoms. The summed E-state index contributed by atoms with van der Waals surface area (Å²) in [5.74, 6) is 1.68. The molecule has 0 bridgehead atoms. The van der Waals surface area contributed by atoms with Crippen LogP contribution in [0.2, 0.25) is 0 Å². The van der Waals surface area contributed by atoms with Crippen LogP contribution >= 0.6 is 0 Å². The Balaban J connectivity index is 1.03. The summed E-state index contributed by atoms with van der Waals surface area (Å²) in [5, 5.41) is 0. The van der Waals surface area contributed by atoms with Crippen molar-refractivity contribution >= 4 is 0 Å². The lowest BCUT2D eigenvalue weighted by Gasteiger charge is -2.35. The first-order valence-corrected chi connectivity index (χ1v) is 16.8. The molecule has 0 amide bonds. The molecular weight excluding hydrogens is 518 g/mol. The lowest BCUT2D eigenvalue weighted by atomic mass is 9.78. The van der Waals surface area contributed by atoms with Crippen molar-refractivity contribution in [1.82, 2.24) is 4.90 Å². The molecule has 0 saturated heterocycles. The van der Waals surface area contributed by atoms with Crippen molar-refractivity contribution in [2.45, 2.75) is 70.3 Å². The molecule has 1 heterocycles. The molecule has 0 radical (unpaired) electrons. The van der Waals surface area contributed by atoms with Gasteiger partial charge in [0.2, 0.25) is 0 Å². The summed E-state index contributed by atoms with van der Waals surface area (Å²) in [6, 6.07) is 0.394. The molecule has 0 aromatic heterocycles. The van der Waals surface area contributed by atoms with E-state index in [1.165, 1.54) is 65.8 Å². The maximum absolute atomic E-state index is 2.69. The average molecular weight is 562 g/mol. The van der Waals surface area contributed by atoms with Gasteiger partial charge in [-0.1, -0.05) is 103 Å². The molecule has 0 aromatic rings. The van der Waals surface area contributed by atoms with Gasteiger partial charge in [0.05, 0.1) is 6.04 Å². The highest BCUT2D eigenvalue weighted by molar-refractivity contribution is 5.56. The summed E-state index contributed by atoms with van der Waals surface area (Å²) in [4.78, 5) is 2.69. The third-order valence-corrected chi connectivity index (χ3v) is 10.8. The topological polar surface area (TPSA) is 3.24 Å². The van der Waals surface area contributed by atoms with Crippen LogP contribution in [0.1, 0.15) is 64.2 Å². The highest BCUT2D eigenvalue weighted by Gasteiger charge is 2.41. The van der Waals surface area contributed by atoms with Crippen molar-refractivity contribution in [2.24, 2.45) is 17.8 Å². The first kappa shape index (κ1) is 26.8. The lowest BCUT2D eigenvalue weighted by Crippen LogP contribution is -2.33. The van der Waals surface area contributed by atoms with Crippen molar-refractivity contribution in [1.29, 1.82) is 0 Å². The predicted octanol–water partition coefficient (Wildman–Crippen LogP) is 10.5. The van der Waals surface area contributed by atoms with Crippen molar-refractivity contribution in [2.75, 3.05) is 0 Å². The molecule has 7 aliphatic carbocycles. The van der Waals surface area contributed by atoms with Crippen LogP contribution in [0, 0.1) is 17.8 Å². The monoisotopic (exact) mass is 561 g/mol. The zero-order chi connectivity index (χ0) is 28.6. The first-order chi connectivity index (χ1) is 21.3. The van der Waals surface area contributed by atoms with Crippen LogP contribution in [0.4, 0.5) is 0 Å². The van der Waals surface area contributed by atoms with E-state index in [1.807, 2.05) is 0 Å². The molecule has 4 unspecified atom stereocenters. The summed E-state index contributed by atoms with van der Waals surface area (Å²) in [5.41, 5.74) is 13.6. The zero-order valence-electron chi connectivity index (χ0n) is 25.3. The number of hydrogen-bond acceptors (Lipinski definition) is 1. The molecule has 0 fully saturated rings. The fraction of sp³-hybridized carbons (Fsp3) is 0.333. The van der Waals surface area contributed by atoms with E-state index in [2.05, 4.69) is 120 Å². The number of allylic oxidation sites excluding steroid dienone is 24. The Bertz CT molecular complexity index is 1620. The maximum atomic E-state index is 2.69. The number of nitrogens with zero attached hydrogens (tertiary/aromatic N) is 1. The van der Waals surface area contributed by atoms with E-state index in [-0.39, 0.29) is 0 Å². The van der Waals surface area contributed by atoms with Gasteiger partial charge in [0.15, 0.2) is 0 Å².